The molecule has 43 heavy (non-hydrogen) atoms. The molecule has 8 nitrogen and oxygen atoms in total. The Morgan fingerprint density at radius 2 is 1.72 bits per heavy atom. The van der Waals surface area contributed by atoms with Crippen LogP contribution in [0, 0.1) is 18.8 Å². The lowest BCUT2D eigenvalue weighted by atomic mass is 9.74. The van der Waals surface area contributed by atoms with Gasteiger partial charge in [0.05, 0.1) is 40.8 Å². The molecule has 6 rings (SSSR count). The van der Waals surface area contributed by atoms with Crippen molar-refractivity contribution in [1.82, 2.24) is 9.80 Å². The Hall–Kier alpha value is -3.46. The van der Waals surface area contributed by atoms with Crippen molar-refractivity contribution in [2.45, 2.75) is 56.9 Å². The van der Waals surface area contributed by atoms with E-state index in [1.54, 1.807) is 15.9 Å². The van der Waals surface area contributed by atoms with E-state index in [0.717, 1.165) is 17.5 Å². The van der Waals surface area contributed by atoms with Crippen molar-refractivity contribution >= 4 is 35.0 Å². The summed E-state index contributed by atoms with van der Waals surface area (Å²) in [6.07, 6.45) is 8.60. The fourth-order valence-corrected chi connectivity index (χ4v) is 8.00. The van der Waals surface area contributed by atoms with Crippen LogP contribution in [-0.4, -0.2) is 82.2 Å². The summed E-state index contributed by atoms with van der Waals surface area (Å²) in [4.78, 5) is 48.8. The standard InChI is InChI=1S/C34H38ClN3O5/c1-4-17-36-18-9-15-33(3)26(30(36)40)27-31(41)38(24(21-39)20-23-12-6-5-7-13-23)29-32(42)37(19-10-16-34(27,29)43-33)28-22(2)11-8-14-25(28)35/h5-16,24,26-27,29,39H,4,17-21H2,1-3H3/t24-,26+,27+,29?,33-,34+/m1/s1. The highest BCUT2D eigenvalue weighted by atomic mass is 35.5. The molecule has 0 aromatic heterocycles. The number of likely N-dealkylation sites (tertiary alicyclic amines) is 1. The fourth-order valence-electron chi connectivity index (χ4n) is 7.68. The lowest BCUT2D eigenvalue weighted by Crippen LogP contribution is -2.59. The summed E-state index contributed by atoms with van der Waals surface area (Å²) in [7, 11) is 0. The van der Waals surface area contributed by atoms with Gasteiger partial charge in [0.25, 0.3) is 5.91 Å². The number of aliphatic hydroxyl groups excluding tert-OH is 1. The number of halogens is 1. The van der Waals surface area contributed by atoms with Crippen LogP contribution in [-0.2, 0) is 25.5 Å². The van der Waals surface area contributed by atoms with Gasteiger partial charge in [0, 0.05) is 19.6 Å². The number of fused-ring (bicyclic) bond motifs is 2. The van der Waals surface area contributed by atoms with Crippen LogP contribution in [0.1, 0.15) is 31.4 Å². The summed E-state index contributed by atoms with van der Waals surface area (Å²) in [6, 6.07) is 13.2. The molecule has 2 aromatic carbocycles. The van der Waals surface area contributed by atoms with Crippen molar-refractivity contribution in [3.05, 3.63) is 89.0 Å². The van der Waals surface area contributed by atoms with E-state index in [0.29, 0.717) is 30.2 Å². The first-order valence-electron chi connectivity index (χ1n) is 15.0. The summed E-state index contributed by atoms with van der Waals surface area (Å²) in [6.45, 7) is 6.59. The van der Waals surface area contributed by atoms with Gasteiger partial charge in [-0.05, 0) is 43.9 Å². The normalized spacial score (nSPS) is 30.7. The zero-order valence-corrected chi connectivity index (χ0v) is 25.5. The Kier molecular flexibility index (Phi) is 7.73. The molecule has 6 atom stereocenters. The van der Waals surface area contributed by atoms with Crippen molar-refractivity contribution in [3.63, 3.8) is 0 Å². The van der Waals surface area contributed by atoms with Crippen molar-refractivity contribution in [2.24, 2.45) is 11.8 Å². The van der Waals surface area contributed by atoms with Gasteiger partial charge in [0.15, 0.2) is 0 Å². The van der Waals surface area contributed by atoms with Gasteiger partial charge in [-0.3, -0.25) is 14.4 Å². The number of rotatable bonds is 7. The Bertz CT molecular complexity index is 1470. The van der Waals surface area contributed by atoms with Crippen LogP contribution in [0.3, 0.4) is 0 Å². The zero-order chi connectivity index (χ0) is 30.5. The maximum absolute atomic E-state index is 14.9. The van der Waals surface area contributed by atoms with Crippen molar-refractivity contribution in [2.75, 3.05) is 31.1 Å². The van der Waals surface area contributed by atoms with Gasteiger partial charge in [-0.25, -0.2) is 0 Å². The number of carbonyl (C=O) groups excluding carboxylic acids is 3. The third-order valence-corrected chi connectivity index (χ3v) is 9.75. The number of aryl methyl sites for hydroxylation is 1. The topological polar surface area (TPSA) is 90.4 Å². The SMILES string of the molecule is CCCN1CC=C[C@@]2(C)O[C@]34C=CCN(c5c(C)cccc5Cl)C(=O)C3N([C@@H](CO)Cc3ccccc3)C(=O)[C@@H]4[C@H]2C1=O. The van der Waals surface area contributed by atoms with Crippen LogP contribution >= 0.6 is 11.6 Å². The summed E-state index contributed by atoms with van der Waals surface area (Å²) in [5.41, 5.74) is -0.212. The van der Waals surface area contributed by atoms with Gasteiger partial charge in [-0.15, -0.1) is 0 Å². The minimum Gasteiger partial charge on any atom is -0.394 e. The number of carbonyl (C=O) groups is 3. The second-order valence-corrected chi connectivity index (χ2v) is 12.6. The molecule has 0 radical (unpaired) electrons. The van der Waals surface area contributed by atoms with E-state index < -0.39 is 35.1 Å². The van der Waals surface area contributed by atoms with Crippen LogP contribution in [0.25, 0.3) is 0 Å². The number of amides is 3. The Morgan fingerprint density at radius 3 is 2.42 bits per heavy atom. The first-order valence-corrected chi connectivity index (χ1v) is 15.4. The van der Waals surface area contributed by atoms with E-state index in [4.69, 9.17) is 16.3 Å². The summed E-state index contributed by atoms with van der Waals surface area (Å²) in [5, 5.41) is 11.2. The van der Waals surface area contributed by atoms with E-state index in [2.05, 4.69) is 0 Å². The highest BCUT2D eigenvalue weighted by molar-refractivity contribution is 6.34. The van der Waals surface area contributed by atoms with E-state index >= 15 is 0 Å². The summed E-state index contributed by atoms with van der Waals surface area (Å²) in [5.74, 6) is -2.65. The molecule has 4 aliphatic rings. The highest BCUT2D eigenvalue weighted by Crippen LogP contribution is 2.58. The smallest absolute Gasteiger partial charge is 0.253 e. The molecular weight excluding hydrogens is 566 g/mol. The zero-order valence-electron chi connectivity index (χ0n) is 24.8. The Labute approximate surface area is 257 Å². The van der Waals surface area contributed by atoms with Crippen LogP contribution in [0.2, 0.25) is 5.02 Å². The number of ether oxygens (including phenoxy) is 1. The van der Waals surface area contributed by atoms with Gasteiger partial charge in [0.2, 0.25) is 11.8 Å². The largest absolute Gasteiger partial charge is 0.394 e. The molecule has 3 amide bonds. The van der Waals surface area contributed by atoms with E-state index in [1.165, 1.54) is 4.90 Å². The lowest BCUT2D eigenvalue weighted by Gasteiger charge is -2.40. The number of hydrogen-bond acceptors (Lipinski definition) is 5. The molecule has 1 spiro atoms. The van der Waals surface area contributed by atoms with Crippen molar-refractivity contribution in [3.8, 4) is 0 Å². The second-order valence-electron chi connectivity index (χ2n) is 12.2. The van der Waals surface area contributed by atoms with Crippen molar-refractivity contribution in [1.29, 1.82) is 0 Å². The first kappa shape index (κ1) is 29.6. The van der Waals surface area contributed by atoms with Gasteiger partial charge >= 0.3 is 0 Å². The fraction of sp³-hybridized carbons (Fsp3) is 0.441. The molecular formula is C34H38ClN3O5. The molecule has 226 valence electrons. The van der Waals surface area contributed by atoms with Gasteiger partial charge in [0.1, 0.15) is 11.6 Å². The predicted octanol–water partition coefficient (Wildman–Crippen LogP) is 3.93. The summed E-state index contributed by atoms with van der Waals surface area (Å²) >= 11 is 6.67. The number of anilines is 1. The predicted molar refractivity (Wildman–Crippen MR) is 165 cm³/mol. The lowest BCUT2D eigenvalue weighted by molar-refractivity contribution is -0.151. The first-order chi connectivity index (χ1) is 20.7. The number of nitrogens with zero attached hydrogens (tertiary/aromatic N) is 3. The molecule has 4 heterocycles. The van der Waals surface area contributed by atoms with Crippen LogP contribution in [0.15, 0.2) is 72.8 Å². The average molecular weight is 604 g/mol. The summed E-state index contributed by atoms with van der Waals surface area (Å²) < 4.78 is 6.94. The molecule has 1 unspecified atom stereocenters. The van der Waals surface area contributed by atoms with Crippen LogP contribution in [0.5, 0.6) is 0 Å². The number of para-hydroxylation sites is 1. The van der Waals surface area contributed by atoms with Gasteiger partial charge in [-0.1, -0.05) is 85.3 Å². The van der Waals surface area contributed by atoms with Gasteiger partial charge in [-0.2, -0.15) is 0 Å². The van der Waals surface area contributed by atoms with Crippen molar-refractivity contribution < 1.29 is 24.2 Å². The number of aliphatic hydroxyl groups is 1. The molecule has 2 saturated heterocycles. The van der Waals surface area contributed by atoms with Crippen LogP contribution in [0.4, 0.5) is 5.69 Å². The average Bonchev–Trinajstić information content (AvgIpc) is 3.26. The Morgan fingerprint density at radius 1 is 0.977 bits per heavy atom. The van der Waals surface area contributed by atoms with E-state index in [-0.39, 0.29) is 30.9 Å². The molecule has 4 aliphatic heterocycles. The second kappa shape index (κ2) is 11.2. The molecule has 0 saturated carbocycles. The van der Waals surface area contributed by atoms with E-state index in [9.17, 15) is 19.5 Å². The molecule has 2 aromatic rings. The molecule has 9 heteroatoms. The molecule has 0 bridgehead atoms. The quantitative estimate of drug-likeness (QED) is 0.485. The maximum atomic E-state index is 14.9. The number of hydrogen-bond donors (Lipinski definition) is 1. The number of benzene rings is 2. The monoisotopic (exact) mass is 603 g/mol. The highest BCUT2D eigenvalue weighted by Gasteiger charge is 2.75. The molecule has 2 fully saturated rings. The third kappa shape index (κ3) is 4.62. The van der Waals surface area contributed by atoms with Gasteiger partial charge < -0.3 is 24.5 Å². The minimum atomic E-state index is -1.42. The van der Waals surface area contributed by atoms with Crippen LogP contribution < -0.4 is 4.90 Å². The molecule has 0 aliphatic carbocycles. The van der Waals surface area contributed by atoms with E-state index in [1.807, 2.05) is 87.5 Å². The third-order valence-electron chi connectivity index (χ3n) is 9.45. The minimum absolute atomic E-state index is 0.155. The Balaban J connectivity index is 1.52. The molecule has 1 N–H and O–H groups in total. The maximum Gasteiger partial charge on any atom is 0.253 e.